The molecule has 21 heavy (non-hydrogen) atoms. The number of nitrogens with one attached hydrogen (secondary N) is 2. The van der Waals surface area contributed by atoms with Crippen molar-refractivity contribution in [3.05, 3.63) is 16.6 Å². The van der Waals surface area contributed by atoms with Crippen LogP contribution in [0.5, 0.6) is 0 Å². The Kier molecular flexibility index (Phi) is 5.24. The highest BCUT2D eigenvalue weighted by atomic mass is 32.1. The summed E-state index contributed by atoms with van der Waals surface area (Å²) in [5.74, 6) is -1.36. The second-order valence-corrected chi connectivity index (χ2v) is 5.94. The third kappa shape index (κ3) is 3.98. The predicted octanol–water partition coefficient (Wildman–Crippen LogP) is 0.435. The first-order valence-corrected chi connectivity index (χ1v) is 7.59. The zero-order valence-corrected chi connectivity index (χ0v) is 12.5. The predicted molar refractivity (Wildman–Crippen MR) is 75.7 cm³/mol. The van der Waals surface area contributed by atoms with E-state index < -0.39 is 23.6 Å². The summed E-state index contributed by atoms with van der Waals surface area (Å²) in [5.41, 5.74) is -0.342. The summed E-state index contributed by atoms with van der Waals surface area (Å²) >= 11 is 1.36. The van der Waals surface area contributed by atoms with Crippen molar-refractivity contribution in [2.24, 2.45) is 0 Å². The molecule has 0 aliphatic carbocycles. The van der Waals surface area contributed by atoms with Gasteiger partial charge >= 0.3 is 5.97 Å². The number of ether oxygens (including phenoxy) is 1. The van der Waals surface area contributed by atoms with E-state index in [9.17, 15) is 14.0 Å². The van der Waals surface area contributed by atoms with E-state index in [1.807, 2.05) is 0 Å². The van der Waals surface area contributed by atoms with Gasteiger partial charge in [-0.15, -0.1) is 11.3 Å². The highest BCUT2D eigenvalue weighted by Gasteiger charge is 2.41. The minimum atomic E-state index is -1.97. The van der Waals surface area contributed by atoms with Crippen molar-refractivity contribution in [2.75, 3.05) is 20.2 Å². The van der Waals surface area contributed by atoms with Crippen molar-refractivity contribution in [3.8, 4) is 0 Å². The van der Waals surface area contributed by atoms with Gasteiger partial charge in [0.05, 0.1) is 12.6 Å². The van der Waals surface area contributed by atoms with Crippen molar-refractivity contribution >= 4 is 23.2 Å². The number of alkyl halides is 1. The van der Waals surface area contributed by atoms with Crippen LogP contribution in [0, 0.1) is 0 Å². The molecule has 0 saturated carbocycles. The molecule has 1 aliphatic rings. The minimum absolute atomic E-state index is 0.0344. The minimum Gasteiger partial charge on any atom is -0.467 e. The lowest BCUT2D eigenvalue weighted by atomic mass is 9.94. The Hall–Kier alpha value is -1.54. The molecular weight excluding hydrogens is 297 g/mol. The number of carbonyl (C=O) groups excluding carboxylic acids is 2. The lowest BCUT2D eigenvalue weighted by Crippen LogP contribution is -2.56. The molecule has 1 fully saturated rings. The highest BCUT2D eigenvalue weighted by Crippen LogP contribution is 2.21. The molecule has 6 nitrogen and oxygen atoms in total. The molecule has 1 aromatic heterocycles. The zero-order valence-electron chi connectivity index (χ0n) is 11.7. The lowest BCUT2D eigenvalue weighted by Gasteiger charge is -2.30. The molecule has 0 spiro atoms. The number of hydrogen-bond acceptors (Lipinski definition) is 6. The van der Waals surface area contributed by atoms with E-state index in [2.05, 4.69) is 20.4 Å². The standard InChI is InChI=1S/C13H18FN3O3S/c1-20-11(18)10(5-9-6-16-8-21-9)17-12(19)13(14)3-2-4-15-7-13/h6,8,10,15H,2-5,7H2,1H3,(H,17,19). The fraction of sp³-hybridized carbons (Fsp3) is 0.615. The first-order chi connectivity index (χ1) is 10.0. The molecule has 2 rings (SSSR count). The maximum absolute atomic E-state index is 14.5. The van der Waals surface area contributed by atoms with E-state index in [0.717, 1.165) is 4.88 Å². The van der Waals surface area contributed by atoms with Crippen LogP contribution in [-0.4, -0.2) is 48.8 Å². The van der Waals surface area contributed by atoms with Gasteiger partial charge in [-0.1, -0.05) is 0 Å². The van der Waals surface area contributed by atoms with Crippen LogP contribution in [0.25, 0.3) is 0 Å². The molecule has 2 N–H and O–H groups in total. The molecule has 8 heteroatoms. The molecular formula is C13H18FN3O3S. The van der Waals surface area contributed by atoms with Crippen LogP contribution in [0.4, 0.5) is 4.39 Å². The Labute approximate surface area is 126 Å². The summed E-state index contributed by atoms with van der Waals surface area (Å²) in [6.45, 7) is 0.660. The van der Waals surface area contributed by atoms with Gasteiger partial charge in [-0.2, -0.15) is 0 Å². The largest absolute Gasteiger partial charge is 0.467 e. The van der Waals surface area contributed by atoms with E-state index in [1.165, 1.54) is 18.4 Å². The summed E-state index contributed by atoms with van der Waals surface area (Å²) in [5, 5.41) is 5.32. The third-order valence-corrected chi connectivity index (χ3v) is 4.22. The van der Waals surface area contributed by atoms with Crippen molar-refractivity contribution in [3.63, 3.8) is 0 Å². The van der Waals surface area contributed by atoms with Crippen molar-refractivity contribution < 1.29 is 18.7 Å². The monoisotopic (exact) mass is 315 g/mol. The van der Waals surface area contributed by atoms with E-state index in [4.69, 9.17) is 0 Å². The molecule has 1 aromatic rings. The van der Waals surface area contributed by atoms with Crippen LogP contribution >= 0.6 is 11.3 Å². The van der Waals surface area contributed by atoms with Crippen LogP contribution in [0.2, 0.25) is 0 Å². The Morgan fingerprint density at radius 1 is 1.67 bits per heavy atom. The summed E-state index contributed by atoms with van der Waals surface area (Å²) in [4.78, 5) is 28.6. The molecule has 0 radical (unpaired) electrons. The van der Waals surface area contributed by atoms with Crippen molar-refractivity contribution in [1.29, 1.82) is 0 Å². The molecule has 0 bridgehead atoms. The van der Waals surface area contributed by atoms with Crippen LogP contribution < -0.4 is 10.6 Å². The average Bonchev–Trinajstić information content (AvgIpc) is 2.99. The molecule has 2 unspecified atom stereocenters. The van der Waals surface area contributed by atoms with Gasteiger partial charge in [0.15, 0.2) is 0 Å². The fourth-order valence-corrected chi connectivity index (χ4v) is 2.87. The number of carbonyl (C=O) groups is 2. The number of esters is 1. The van der Waals surface area contributed by atoms with Crippen molar-refractivity contribution in [2.45, 2.75) is 31.0 Å². The van der Waals surface area contributed by atoms with Gasteiger partial charge in [0, 0.05) is 24.0 Å². The number of thiazole rings is 1. The Morgan fingerprint density at radius 2 is 2.48 bits per heavy atom. The molecule has 0 aromatic carbocycles. The second-order valence-electron chi connectivity index (χ2n) is 4.97. The Morgan fingerprint density at radius 3 is 3.05 bits per heavy atom. The number of amides is 1. The molecule has 2 heterocycles. The van der Waals surface area contributed by atoms with Gasteiger partial charge in [0.25, 0.3) is 5.91 Å². The summed E-state index contributed by atoms with van der Waals surface area (Å²) in [6, 6.07) is -0.905. The summed E-state index contributed by atoms with van der Waals surface area (Å²) < 4.78 is 19.2. The fourth-order valence-electron chi connectivity index (χ4n) is 2.23. The number of rotatable bonds is 5. The van der Waals surface area contributed by atoms with Gasteiger partial charge in [-0.05, 0) is 19.4 Å². The van der Waals surface area contributed by atoms with Gasteiger partial charge in [-0.3, -0.25) is 9.78 Å². The van der Waals surface area contributed by atoms with Crippen LogP contribution in [-0.2, 0) is 20.7 Å². The number of aromatic nitrogens is 1. The van der Waals surface area contributed by atoms with Gasteiger partial charge < -0.3 is 15.4 Å². The zero-order chi connectivity index (χ0) is 15.3. The smallest absolute Gasteiger partial charge is 0.328 e. The van der Waals surface area contributed by atoms with E-state index in [0.29, 0.717) is 13.0 Å². The van der Waals surface area contributed by atoms with E-state index in [-0.39, 0.29) is 19.4 Å². The third-order valence-electron chi connectivity index (χ3n) is 3.42. The Balaban J connectivity index is 2.03. The van der Waals surface area contributed by atoms with Gasteiger partial charge in [-0.25, -0.2) is 9.18 Å². The molecule has 1 saturated heterocycles. The molecule has 1 aliphatic heterocycles. The summed E-state index contributed by atoms with van der Waals surface area (Å²) in [6.07, 6.45) is 2.59. The molecule has 116 valence electrons. The quantitative estimate of drug-likeness (QED) is 0.771. The average molecular weight is 315 g/mol. The normalized spacial score (nSPS) is 23.3. The van der Waals surface area contributed by atoms with Gasteiger partial charge in [0.1, 0.15) is 6.04 Å². The van der Waals surface area contributed by atoms with E-state index >= 15 is 0 Å². The maximum atomic E-state index is 14.5. The number of halogens is 1. The second kappa shape index (κ2) is 6.95. The van der Waals surface area contributed by atoms with Crippen LogP contribution in [0.15, 0.2) is 11.7 Å². The summed E-state index contributed by atoms with van der Waals surface area (Å²) in [7, 11) is 1.24. The van der Waals surface area contributed by atoms with Crippen molar-refractivity contribution in [1.82, 2.24) is 15.6 Å². The topological polar surface area (TPSA) is 80.3 Å². The first kappa shape index (κ1) is 15.8. The van der Waals surface area contributed by atoms with Crippen LogP contribution in [0.1, 0.15) is 17.7 Å². The number of nitrogens with zero attached hydrogens (tertiary/aromatic N) is 1. The van der Waals surface area contributed by atoms with Crippen LogP contribution in [0.3, 0.4) is 0 Å². The SMILES string of the molecule is COC(=O)C(Cc1cncs1)NC(=O)C1(F)CCCNC1. The molecule has 2 atom stereocenters. The molecule has 1 amide bonds. The van der Waals surface area contributed by atoms with E-state index in [1.54, 1.807) is 11.7 Å². The lowest BCUT2D eigenvalue weighted by molar-refractivity contribution is -0.147. The first-order valence-electron chi connectivity index (χ1n) is 6.71. The number of methoxy groups -OCH3 is 1. The highest BCUT2D eigenvalue weighted by molar-refractivity contribution is 7.09. The maximum Gasteiger partial charge on any atom is 0.328 e. The Bertz CT molecular complexity index is 489. The van der Waals surface area contributed by atoms with Gasteiger partial charge in [0.2, 0.25) is 5.67 Å². The number of hydrogen-bond donors (Lipinski definition) is 2. The number of piperidine rings is 1.